The van der Waals surface area contributed by atoms with Crippen LogP contribution < -0.4 is 5.32 Å². The van der Waals surface area contributed by atoms with Crippen LogP contribution >= 0.6 is 0 Å². The number of benzene rings is 2. The molecule has 5 nitrogen and oxygen atoms in total. The maximum atomic E-state index is 14.0. The molecule has 26 heavy (non-hydrogen) atoms. The van der Waals surface area contributed by atoms with Crippen LogP contribution in [0.15, 0.2) is 42.5 Å². The molecule has 0 aromatic heterocycles. The molecule has 1 aliphatic rings. The van der Waals surface area contributed by atoms with Crippen molar-refractivity contribution in [1.82, 2.24) is 4.90 Å². The van der Waals surface area contributed by atoms with Crippen LogP contribution in [0.2, 0.25) is 0 Å². The molecule has 0 fully saturated rings. The Morgan fingerprint density at radius 3 is 2.15 bits per heavy atom. The first-order chi connectivity index (χ1) is 12.3. The molecule has 1 unspecified atom stereocenters. The van der Waals surface area contributed by atoms with Gasteiger partial charge in [-0.1, -0.05) is 32.0 Å². The van der Waals surface area contributed by atoms with Crippen LogP contribution in [0.25, 0.3) is 0 Å². The van der Waals surface area contributed by atoms with Crippen LogP contribution in [0.3, 0.4) is 0 Å². The first-order valence-electron chi connectivity index (χ1n) is 8.35. The van der Waals surface area contributed by atoms with E-state index in [1.807, 2.05) is 0 Å². The number of fused-ring (bicyclic) bond motifs is 1. The highest BCUT2D eigenvalue weighted by molar-refractivity contribution is 6.23. The third-order valence-electron chi connectivity index (χ3n) is 4.38. The Hall–Kier alpha value is -3.02. The molecule has 6 heteroatoms. The van der Waals surface area contributed by atoms with Crippen molar-refractivity contribution in [3.8, 4) is 0 Å². The van der Waals surface area contributed by atoms with Crippen LogP contribution in [0.1, 0.15) is 40.1 Å². The van der Waals surface area contributed by atoms with E-state index in [0.29, 0.717) is 0 Å². The van der Waals surface area contributed by atoms with Crippen molar-refractivity contribution in [2.24, 2.45) is 5.92 Å². The zero-order chi connectivity index (χ0) is 19.0. The monoisotopic (exact) mass is 354 g/mol. The fourth-order valence-electron chi connectivity index (χ4n) is 3.12. The minimum Gasteiger partial charge on any atom is -0.322 e. The van der Waals surface area contributed by atoms with Gasteiger partial charge in [0, 0.05) is 0 Å². The smallest absolute Gasteiger partial charge is 0.262 e. The fourth-order valence-corrected chi connectivity index (χ4v) is 3.12. The molecule has 0 radical (unpaired) electrons. The Bertz CT molecular complexity index is 873. The topological polar surface area (TPSA) is 66.5 Å². The van der Waals surface area contributed by atoms with E-state index in [1.165, 1.54) is 12.1 Å². The van der Waals surface area contributed by atoms with E-state index in [4.69, 9.17) is 0 Å². The van der Waals surface area contributed by atoms with Crippen molar-refractivity contribution >= 4 is 23.4 Å². The molecule has 2 aromatic rings. The average molecular weight is 354 g/mol. The Balaban J connectivity index is 1.93. The third-order valence-corrected chi connectivity index (χ3v) is 4.38. The molecule has 0 bridgehead atoms. The van der Waals surface area contributed by atoms with E-state index in [-0.39, 0.29) is 22.7 Å². The Morgan fingerprint density at radius 1 is 1.04 bits per heavy atom. The number of halogens is 1. The molecular weight excluding hydrogens is 335 g/mol. The van der Waals surface area contributed by atoms with Gasteiger partial charge in [0.2, 0.25) is 5.91 Å². The van der Waals surface area contributed by atoms with Crippen LogP contribution in [-0.2, 0) is 4.79 Å². The van der Waals surface area contributed by atoms with Crippen molar-refractivity contribution in [3.63, 3.8) is 0 Å². The van der Waals surface area contributed by atoms with E-state index in [9.17, 15) is 18.8 Å². The molecule has 1 heterocycles. The zero-order valence-corrected chi connectivity index (χ0v) is 14.7. The summed E-state index contributed by atoms with van der Waals surface area (Å²) >= 11 is 0. The number of carbonyl (C=O) groups excluding carboxylic acids is 3. The van der Waals surface area contributed by atoms with Gasteiger partial charge in [-0.15, -0.1) is 0 Å². The lowest BCUT2D eigenvalue weighted by Gasteiger charge is -2.28. The van der Waals surface area contributed by atoms with Gasteiger partial charge in [-0.25, -0.2) is 4.39 Å². The average Bonchev–Trinajstić information content (AvgIpc) is 2.84. The summed E-state index contributed by atoms with van der Waals surface area (Å²) in [6, 6.07) is 9.78. The van der Waals surface area contributed by atoms with Crippen LogP contribution in [0.5, 0.6) is 0 Å². The second kappa shape index (κ2) is 6.71. The molecule has 0 spiro atoms. The Kier molecular flexibility index (Phi) is 4.59. The first kappa shape index (κ1) is 17.8. The Labute approximate surface area is 150 Å². The molecule has 1 aliphatic heterocycles. The van der Waals surface area contributed by atoms with Crippen LogP contribution in [-0.4, -0.2) is 28.7 Å². The standard InChI is InChI=1S/C20H19FN2O3/c1-11(2)17(18(24)22-16-10-12(3)8-9-15(16)21)23-19(25)13-6-4-5-7-14(13)20(23)26/h4-11,17H,1-3H3,(H,22,24). The predicted octanol–water partition coefficient (Wildman–Crippen LogP) is 3.39. The summed E-state index contributed by atoms with van der Waals surface area (Å²) in [5.41, 5.74) is 1.36. The number of nitrogens with one attached hydrogen (secondary N) is 1. The van der Waals surface area contributed by atoms with Crippen molar-refractivity contribution in [2.75, 3.05) is 5.32 Å². The van der Waals surface area contributed by atoms with Gasteiger partial charge in [0.15, 0.2) is 0 Å². The second-order valence-corrected chi connectivity index (χ2v) is 6.69. The number of anilines is 1. The maximum absolute atomic E-state index is 14.0. The highest BCUT2D eigenvalue weighted by atomic mass is 19.1. The number of rotatable bonds is 4. The molecule has 1 atom stereocenters. The molecule has 1 N–H and O–H groups in total. The molecule has 2 aromatic carbocycles. The number of nitrogens with zero attached hydrogens (tertiary/aromatic N) is 1. The lowest BCUT2D eigenvalue weighted by molar-refractivity contribution is -0.121. The summed E-state index contributed by atoms with van der Waals surface area (Å²) in [5.74, 6) is -2.54. The summed E-state index contributed by atoms with van der Waals surface area (Å²) < 4.78 is 14.0. The van der Waals surface area contributed by atoms with Gasteiger partial charge >= 0.3 is 0 Å². The predicted molar refractivity (Wildman–Crippen MR) is 95.3 cm³/mol. The normalized spacial score (nSPS) is 14.6. The first-order valence-corrected chi connectivity index (χ1v) is 8.35. The van der Waals surface area contributed by atoms with E-state index in [0.717, 1.165) is 10.5 Å². The molecular formula is C20H19FN2O3. The lowest BCUT2D eigenvalue weighted by Crippen LogP contribution is -2.50. The van der Waals surface area contributed by atoms with Crippen molar-refractivity contribution in [2.45, 2.75) is 26.8 Å². The molecule has 3 amide bonds. The van der Waals surface area contributed by atoms with Crippen molar-refractivity contribution < 1.29 is 18.8 Å². The van der Waals surface area contributed by atoms with Gasteiger partial charge in [-0.05, 0) is 42.7 Å². The summed E-state index contributed by atoms with van der Waals surface area (Å²) in [6.07, 6.45) is 0. The van der Waals surface area contributed by atoms with Crippen LogP contribution in [0, 0.1) is 18.7 Å². The number of amides is 3. The van der Waals surface area contributed by atoms with Gasteiger partial charge in [0.05, 0.1) is 16.8 Å². The van der Waals surface area contributed by atoms with Gasteiger partial charge < -0.3 is 5.32 Å². The summed E-state index contributed by atoms with van der Waals surface area (Å²) in [6.45, 7) is 5.25. The van der Waals surface area contributed by atoms with Gasteiger partial charge in [0.1, 0.15) is 11.9 Å². The molecule has 0 saturated carbocycles. The quantitative estimate of drug-likeness (QED) is 0.856. The van der Waals surface area contributed by atoms with E-state index >= 15 is 0 Å². The van der Waals surface area contributed by atoms with E-state index in [2.05, 4.69) is 5.32 Å². The highest BCUT2D eigenvalue weighted by Gasteiger charge is 2.43. The molecule has 0 aliphatic carbocycles. The maximum Gasteiger partial charge on any atom is 0.262 e. The summed E-state index contributed by atoms with van der Waals surface area (Å²) in [7, 11) is 0. The number of aryl methyl sites for hydroxylation is 1. The van der Waals surface area contributed by atoms with E-state index < -0.39 is 29.6 Å². The fraction of sp³-hybridized carbons (Fsp3) is 0.250. The van der Waals surface area contributed by atoms with E-state index in [1.54, 1.807) is 51.1 Å². The zero-order valence-electron chi connectivity index (χ0n) is 14.7. The SMILES string of the molecule is Cc1ccc(F)c(NC(=O)C(C(C)C)N2C(=O)c3ccccc3C2=O)c1. The lowest BCUT2D eigenvalue weighted by atomic mass is 10.0. The van der Waals surface area contributed by atoms with Gasteiger partial charge in [0.25, 0.3) is 11.8 Å². The Morgan fingerprint density at radius 2 is 1.62 bits per heavy atom. The van der Waals surface area contributed by atoms with Gasteiger partial charge in [-0.3, -0.25) is 19.3 Å². The number of imide groups is 1. The molecule has 0 saturated heterocycles. The molecule has 3 rings (SSSR count). The highest BCUT2D eigenvalue weighted by Crippen LogP contribution is 2.28. The minimum atomic E-state index is -1.04. The minimum absolute atomic E-state index is 0.0252. The number of hydrogen-bond donors (Lipinski definition) is 1. The van der Waals surface area contributed by atoms with Gasteiger partial charge in [-0.2, -0.15) is 0 Å². The number of carbonyl (C=O) groups is 3. The second-order valence-electron chi connectivity index (χ2n) is 6.69. The third kappa shape index (κ3) is 2.98. The van der Waals surface area contributed by atoms with Crippen molar-refractivity contribution in [3.05, 3.63) is 65.0 Å². The summed E-state index contributed by atoms with van der Waals surface area (Å²) in [5, 5.41) is 2.52. The largest absolute Gasteiger partial charge is 0.322 e. The van der Waals surface area contributed by atoms with Crippen molar-refractivity contribution in [1.29, 1.82) is 0 Å². The number of hydrogen-bond acceptors (Lipinski definition) is 3. The summed E-state index contributed by atoms with van der Waals surface area (Å²) in [4.78, 5) is 39.2. The van der Waals surface area contributed by atoms with Crippen LogP contribution in [0.4, 0.5) is 10.1 Å². The molecule has 134 valence electrons.